The number of carbonyl (C=O) groups is 2. The van der Waals surface area contributed by atoms with Crippen molar-refractivity contribution in [1.82, 2.24) is 25.1 Å². The van der Waals surface area contributed by atoms with Crippen LogP contribution in [-0.2, 0) is 4.79 Å². The van der Waals surface area contributed by atoms with Crippen LogP contribution in [0.2, 0.25) is 0 Å². The molecular formula is C25H24N6O2. The van der Waals surface area contributed by atoms with E-state index in [0.717, 1.165) is 11.2 Å². The largest absolute Gasteiger partial charge is 0.340 e. The van der Waals surface area contributed by atoms with Gasteiger partial charge in [0.2, 0.25) is 0 Å². The van der Waals surface area contributed by atoms with Crippen LogP contribution in [0, 0.1) is 0 Å². The van der Waals surface area contributed by atoms with Crippen LogP contribution in [0.4, 0.5) is 0 Å². The van der Waals surface area contributed by atoms with Gasteiger partial charge < -0.3 is 9.30 Å². The van der Waals surface area contributed by atoms with Crippen LogP contribution < -0.4 is 10.9 Å². The number of hydrazine groups is 1. The number of aromatic nitrogens is 2. The molecule has 0 atom stereocenters. The fourth-order valence-corrected chi connectivity index (χ4v) is 3.71. The molecule has 1 aromatic carbocycles. The second-order valence-corrected chi connectivity index (χ2v) is 7.23. The lowest BCUT2D eigenvalue weighted by atomic mass is 10.1. The van der Waals surface area contributed by atoms with Crippen molar-refractivity contribution in [1.29, 1.82) is 0 Å². The lowest BCUT2D eigenvalue weighted by molar-refractivity contribution is -0.115. The average molecular weight is 441 g/mol. The molecule has 1 aliphatic heterocycles. The first kappa shape index (κ1) is 21.8. The maximum Gasteiger partial charge on any atom is 0.290 e. The molecule has 3 aromatic rings. The number of nitrogens with one attached hydrogen (secondary N) is 2. The van der Waals surface area contributed by atoms with E-state index in [1.54, 1.807) is 12.2 Å². The number of rotatable bonds is 4. The van der Waals surface area contributed by atoms with Gasteiger partial charge in [-0.05, 0) is 44.2 Å². The van der Waals surface area contributed by atoms with Crippen molar-refractivity contribution in [2.75, 3.05) is 6.54 Å². The van der Waals surface area contributed by atoms with E-state index < -0.39 is 11.8 Å². The number of aliphatic imine (C=N–C) groups is 1. The Hall–Kier alpha value is -4.46. The summed E-state index contributed by atoms with van der Waals surface area (Å²) in [6, 6.07) is 11.2. The second-order valence-electron chi connectivity index (χ2n) is 7.23. The van der Waals surface area contributed by atoms with Crippen LogP contribution in [0.1, 0.15) is 24.3 Å². The van der Waals surface area contributed by atoms with Gasteiger partial charge in [-0.25, -0.2) is 9.98 Å². The minimum atomic E-state index is -0.516. The van der Waals surface area contributed by atoms with Gasteiger partial charge in [-0.3, -0.25) is 20.4 Å². The fraction of sp³-hybridized carbons (Fsp3) is 0.120. The van der Waals surface area contributed by atoms with E-state index in [-0.39, 0.29) is 18.0 Å². The summed E-state index contributed by atoms with van der Waals surface area (Å²) in [6.45, 7) is 7.71. The van der Waals surface area contributed by atoms with E-state index in [4.69, 9.17) is 0 Å². The van der Waals surface area contributed by atoms with Crippen molar-refractivity contribution in [3.8, 4) is 0 Å². The van der Waals surface area contributed by atoms with Crippen LogP contribution in [-0.4, -0.2) is 38.4 Å². The Morgan fingerprint density at radius 3 is 2.55 bits per heavy atom. The van der Waals surface area contributed by atoms with Crippen molar-refractivity contribution in [2.45, 2.75) is 13.8 Å². The standard InChI is InChI=1S/C25H24N6O2/c1-4-7-14-30-16-19(26-17(5-2)20(30)6-3)24(32)28-29-25(33)23-22-13-10-15-31(22)21-12-9-8-11-18(21)27-23/h4-15H,1,16H2,2-3H3,(H,28,32)(H,29,33)/b14-7-,17-5+,20-6+. The highest BCUT2D eigenvalue weighted by molar-refractivity contribution is 6.40. The van der Waals surface area contributed by atoms with Gasteiger partial charge in [-0.15, -0.1) is 0 Å². The van der Waals surface area contributed by atoms with Crippen molar-refractivity contribution in [3.05, 3.63) is 96.8 Å². The Balaban J connectivity index is 1.55. The summed E-state index contributed by atoms with van der Waals surface area (Å²) >= 11 is 0. The number of carbonyl (C=O) groups excluding carboxylic acids is 2. The number of fused-ring (bicyclic) bond motifs is 3. The molecule has 2 amide bonds. The van der Waals surface area contributed by atoms with E-state index >= 15 is 0 Å². The Bertz CT molecular complexity index is 1380. The third-order valence-corrected chi connectivity index (χ3v) is 5.23. The summed E-state index contributed by atoms with van der Waals surface area (Å²) in [5.74, 6) is -1.01. The maximum atomic E-state index is 12.9. The molecule has 0 fully saturated rings. The van der Waals surface area contributed by atoms with Crippen LogP contribution in [0.15, 0.2) is 96.1 Å². The van der Waals surface area contributed by atoms with Crippen molar-refractivity contribution in [3.63, 3.8) is 0 Å². The Morgan fingerprint density at radius 1 is 1.03 bits per heavy atom. The summed E-state index contributed by atoms with van der Waals surface area (Å²) in [7, 11) is 0. The van der Waals surface area contributed by atoms with E-state index in [0.29, 0.717) is 16.7 Å². The van der Waals surface area contributed by atoms with Gasteiger partial charge in [-0.2, -0.15) is 0 Å². The molecule has 2 aromatic heterocycles. The molecule has 0 saturated carbocycles. The van der Waals surface area contributed by atoms with Gasteiger partial charge in [-0.1, -0.05) is 36.9 Å². The molecule has 0 unspecified atom stereocenters. The van der Waals surface area contributed by atoms with E-state index in [1.165, 1.54) is 0 Å². The summed E-state index contributed by atoms with van der Waals surface area (Å²) in [5.41, 5.74) is 9.19. The second kappa shape index (κ2) is 9.35. The quantitative estimate of drug-likeness (QED) is 0.480. The molecule has 0 saturated heterocycles. The van der Waals surface area contributed by atoms with Crippen molar-refractivity contribution < 1.29 is 9.59 Å². The summed E-state index contributed by atoms with van der Waals surface area (Å²) in [4.78, 5) is 36.6. The molecule has 0 bridgehead atoms. The Kier molecular flexibility index (Phi) is 6.17. The maximum absolute atomic E-state index is 12.9. The first-order valence-electron chi connectivity index (χ1n) is 10.5. The third-order valence-electron chi connectivity index (χ3n) is 5.23. The predicted molar refractivity (Wildman–Crippen MR) is 129 cm³/mol. The third kappa shape index (κ3) is 4.18. The van der Waals surface area contributed by atoms with Crippen LogP contribution in [0.5, 0.6) is 0 Å². The average Bonchev–Trinajstić information content (AvgIpc) is 3.35. The number of hydrogen-bond acceptors (Lipinski definition) is 5. The Labute approximate surface area is 191 Å². The zero-order valence-electron chi connectivity index (χ0n) is 18.4. The lowest BCUT2D eigenvalue weighted by Crippen LogP contribution is -2.48. The molecule has 2 N–H and O–H groups in total. The number of allylic oxidation sites excluding steroid dienone is 4. The van der Waals surface area contributed by atoms with Gasteiger partial charge in [0.05, 0.1) is 34.5 Å². The summed E-state index contributed by atoms with van der Waals surface area (Å²) in [6.07, 6.45) is 10.9. The van der Waals surface area contributed by atoms with E-state index in [9.17, 15) is 9.59 Å². The highest BCUT2D eigenvalue weighted by Gasteiger charge is 2.24. The van der Waals surface area contributed by atoms with Gasteiger partial charge >= 0.3 is 0 Å². The summed E-state index contributed by atoms with van der Waals surface area (Å²) < 4.78 is 1.89. The molecule has 3 heterocycles. The number of nitrogens with zero attached hydrogens (tertiary/aromatic N) is 4. The predicted octanol–water partition coefficient (Wildman–Crippen LogP) is 3.51. The number of hydrogen-bond donors (Lipinski definition) is 2. The number of para-hydroxylation sites is 2. The molecule has 0 radical (unpaired) electrons. The highest BCUT2D eigenvalue weighted by Crippen LogP contribution is 2.22. The first-order valence-corrected chi connectivity index (χ1v) is 10.5. The first-order chi connectivity index (χ1) is 16.1. The Morgan fingerprint density at radius 2 is 1.79 bits per heavy atom. The van der Waals surface area contributed by atoms with Gasteiger partial charge in [0.25, 0.3) is 11.8 Å². The molecule has 8 heteroatoms. The molecule has 4 rings (SSSR count). The van der Waals surface area contributed by atoms with Crippen molar-refractivity contribution in [2.24, 2.45) is 4.99 Å². The van der Waals surface area contributed by atoms with Crippen LogP contribution in [0.25, 0.3) is 16.6 Å². The van der Waals surface area contributed by atoms with Crippen molar-refractivity contribution >= 4 is 34.1 Å². The minimum Gasteiger partial charge on any atom is -0.340 e. The van der Waals surface area contributed by atoms with Gasteiger partial charge in [0.15, 0.2) is 5.69 Å². The normalized spacial score (nSPS) is 16.5. The molecular weight excluding hydrogens is 416 g/mol. The smallest absolute Gasteiger partial charge is 0.290 e. The fourth-order valence-electron chi connectivity index (χ4n) is 3.71. The van der Waals surface area contributed by atoms with Gasteiger partial charge in [0.1, 0.15) is 5.71 Å². The topological polar surface area (TPSA) is 91.1 Å². The molecule has 1 aliphatic rings. The molecule has 0 aliphatic carbocycles. The zero-order valence-corrected chi connectivity index (χ0v) is 18.4. The molecule has 8 nitrogen and oxygen atoms in total. The highest BCUT2D eigenvalue weighted by atomic mass is 16.2. The SMILES string of the molecule is C=C/C=C\N1CC(C(=O)NNC(=O)c2nc3ccccc3n3cccc23)=NC(=C/C)/C1=C\C. The number of amides is 2. The van der Waals surface area contributed by atoms with E-state index in [2.05, 4.69) is 27.4 Å². The van der Waals surface area contributed by atoms with Gasteiger partial charge in [0, 0.05) is 12.4 Å². The molecule has 33 heavy (non-hydrogen) atoms. The lowest BCUT2D eigenvalue weighted by Gasteiger charge is -2.29. The van der Waals surface area contributed by atoms with Crippen LogP contribution in [0.3, 0.4) is 0 Å². The zero-order chi connectivity index (χ0) is 23.4. The minimum absolute atomic E-state index is 0.213. The van der Waals surface area contributed by atoms with Crippen LogP contribution >= 0.6 is 0 Å². The molecule has 0 spiro atoms. The van der Waals surface area contributed by atoms with E-state index in [1.807, 2.05) is 84.1 Å². The molecule has 166 valence electrons. The monoisotopic (exact) mass is 440 g/mol. The summed E-state index contributed by atoms with van der Waals surface area (Å²) in [5, 5.41) is 0. The number of benzene rings is 1.